The van der Waals surface area contributed by atoms with E-state index in [4.69, 9.17) is 9.47 Å². The molecule has 0 spiro atoms. The zero-order chi connectivity index (χ0) is 17.3. The normalized spacial score (nSPS) is 45.2. The van der Waals surface area contributed by atoms with Crippen LogP contribution in [0, 0.1) is 11.8 Å². The fraction of sp³-hybridized carbons (Fsp3) is 0.875. The Morgan fingerprint density at radius 3 is 2.39 bits per heavy atom. The molecule has 0 aromatic carbocycles. The summed E-state index contributed by atoms with van der Waals surface area (Å²) in [6, 6.07) is 0. The summed E-state index contributed by atoms with van der Waals surface area (Å²) in [5.41, 5.74) is 0.788. The minimum absolute atomic E-state index is 0.0288. The predicted octanol–water partition coefficient (Wildman–Crippen LogP) is -0.845. The first-order valence-corrected chi connectivity index (χ1v) is 8.08. The predicted molar refractivity (Wildman–Crippen MR) is 81.3 cm³/mol. The molecule has 1 heterocycles. The van der Waals surface area contributed by atoms with E-state index >= 15 is 0 Å². The van der Waals surface area contributed by atoms with Crippen molar-refractivity contribution in [1.29, 1.82) is 0 Å². The molecule has 0 aromatic heterocycles. The van der Waals surface area contributed by atoms with Crippen molar-refractivity contribution in [1.82, 2.24) is 0 Å². The standard InChI is InChI=1S/C16H28O7/c1-7(2)9-5-10(18)8(3)4-11(9)22-16-15(21)14(20)13(19)12(6-17)23-16/h4,7,9-21H,5-6H2,1-3H3/t9-,10+,11?,12+,13+,14-,15+,16+/m0/s1. The Bertz CT molecular complexity index is 423. The van der Waals surface area contributed by atoms with Crippen LogP contribution in [0.25, 0.3) is 0 Å². The maximum atomic E-state index is 10.1. The van der Waals surface area contributed by atoms with Gasteiger partial charge in [0.2, 0.25) is 0 Å². The van der Waals surface area contributed by atoms with Crippen LogP contribution < -0.4 is 0 Å². The monoisotopic (exact) mass is 332 g/mol. The molecular formula is C16H28O7. The van der Waals surface area contributed by atoms with E-state index in [2.05, 4.69) is 0 Å². The number of aliphatic hydroxyl groups excluding tert-OH is 5. The Balaban J connectivity index is 2.15. The summed E-state index contributed by atoms with van der Waals surface area (Å²) < 4.78 is 11.2. The van der Waals surface area contributed by atoms with Crippen LogP contribution in [-0.4, -0.2) is 75.1 Å². The molecule has 0 aromatic rings. The molecule has 5 N–H and O–H groups in total. The molecule has 0 radical (unpaired) electrons. The van der Waals surface area contributed by atoms with Gasteiger partial charge in [0.05, 0.1) is 18.8 Å². The minimum atomic E-state index is -1.46. The molecule has 1 fully saturated rings. The van der Waals surface area contributed by atoms with Gasteiger partial charge in [-0.2, -0.15) is 0 Å². The van der Waals surface area contributed by atoms with E-state index in [0.717, 1.165) is 5.57 Å². The first kappa shape index (κ1) is 18.8. The highest BCUT2D eigenvalue weighted by atomic mass is 16.7. The molecule has 7 heteroatoms. The molecule has 0 saturated carbocycles. The fourth-order valence-electron chi connectivity index (χ4n) is 3.20. The summed E-state index contributed by atoms with van der Waals surface area (Å²) in [5.74, 6) is 0.268. The third-order valence-electron chi connectivity index (χ3n) is 4.87. The highest BCUT2D eigenvalue weighted by molar-refractivity contribution is 5.14. The summed E-state index contributed by atoms with van der Waals surface area (Å²) in [4.78, 5) is 0. The first-order chi connectivity index (χ1) is 10.8. The lowest BCUT2D eigenvalue weighted by Crippen LogP contribution is -2.60. The molecule has 1 aliphatic heterocycles. The van der Waals surface area contributed by atoms with E-state index in [0.29, 0.717) is 6.42 Å². The molecule has 8 atom stereocenters. The second-order valence-corrected chi connectivity index (χ2v) is 6.87. The summed E-state index contributed by atoms with van der Waals surface area (Å²) in [7, 11) is 0. The van der Waals surface area contributed by atoms with Crippen LogP contribution in [-0.2, 0) is 9.47 Å². The number of hydrogen-bond donors (Lipinski definition) is 5. The Morgan fingerprint density at radius 1 is 1.17 bits per heavy atom. The van der Waals surface area contributed by atoms with E-state index < -0.39 is 43.4 Å². The van der Waals surface area contributed by atoms with E-state index in [1.165, 1.54) is 0 Å². The van der Waals surface area contributed by atoms with Gasteiger partial charge in [0.15, 0.2) is 6.29 Å². The molecule has 134 valence electrons. The van der Waals surface area contributed by atoms with Crippen LogP contribution in [0.1, 0.15) is 27.2 Å². The maximum absolute atomic E-state index is 10.1. The van der Waals surface area contributed by atoms with Gasteiger partial charge in [-0.05, 0) is 30.8 Å². The average Bonchev–Trinajstić information content (AvgIpc) is 2.50. The van der Waals surface area contributed by atoms with E-state index in [1.54, 1.807) is 6.08 Å². The number of hydrogen-bond acceptors (Lipinski definition) is 7. The lowest BCUT2D eigenvalue weighted by molar-refractivity contribution is -0.312. The van der Waals surface area contributed by atoms with Gasteiger partial charge in [-0.25, -0.2) is 0 Å². The van der Waals surface area contributed by atoms with E-state index in [1.807, 2.05) is 20.8 Å². The summed E-state index contributed by atoms with van der Waals surface area (Å²) >= 11 is 0. The molecule has 1 unspecified atom stereocenters. The van der Waals surface area contributed by atoms with Crippen LogP contribution in [0.5, 0.6) is 0 Å². The van der Waals surface area contributed by atoms with Gasteiger partial charge in [-0.3, -0.25) is 0 Å². The van der Waals surface area contributed by atoms with Crippen molar-refractivity contribution >= 4 is 0 Å². The van der Waals surface area contributed by atoms with Gasteiger partial charge in [-0.15, -0.1) is 0 Å². The highest BCUT2D eigenvalue weighted by Gasteiger charge is 2.45. The summed E-state index contributed by atoms with van der Waals surface area (Å²) in [6.07, 6.45) is -4.98. The van der Waals surface area contributed by atoms with Gasteiger partial charge >= 0.3 is 0 Å². The number of aliphatic hydroxyl groups is 5. The number of ether oxygens (including phenoxy) is 2. The van der Waals surface area contributed by atoms with Crippen LogP contribution >= 0.6 is 0 Å². The maximum Gasteiger partial charge on any atom is 0.187 e. The first-order valence-electron chi connectivity index (χ1n) is 8.08. The molecule has 0 bridgehead atoms. The molecule has 23 heavy (non-hydrogen) atoms. The van der Waals surface area contributed by atoms with Crippen molar-refractivity contribution < 1.29 is 35.0 Å². The van der Waals surface area contributed by atoms with Gasteiger partial charge in [0, 0.05) is 0 Å². The molecule has 0 amide bonds. The zero-order valence-electron chi connectivity index (χ0n) is 13.7. The second-order valence-electron chi connectivity index (χ2n) is 6.87. The van der Waals surface area contributed by atoms with Crippen molar-refractivity contribution in [2.24, 2.45) is 11.8 Å². The summed E-state index contributed by atoms with van der Waals surface area (Å²) in [6.45, 7) is 5.37. The molecule has 1 aliphatic carbocycles. The van der Waals surface area contributed by atoms with Gasteiger partial charge in [-0.1, -0.05) is 19.9 Å². The Hall–Kier alpha value is -0.540. The molecule has 2 aliphatic rings. The smallest absolute Gasteiger partial charge is 0.187 e. The Morgan fingerprint density at radius 2 is 1.83 bits per heavy atom. The van der Waals surface area contributed by atoms with Crippen molar-refractivity contribution in [3.63, 3.8) is 0 Å². The third-order valence-corrected chi connectivity index (χ3v) is 4.87. The van der Waals surface area contributed by atoms with Crippen LogP contribution in [0.4, 0.5) is 0 Å². The average molecular weight is 332 g/mol. The topological polar surface area (TPSA) is 120 Å². The minimum Gasteiger partial charge on any atom is -0.394 e. The van der Waals surface area contributed by atoms with E-state index in [9.17, 15) is 25.5 Å². The van der Waals surface area contributed by atoms with Gasteiger partial charge < -0.3 is 35.0 Å². The van der Waals surface area contributed by atoms with Crippen LogP contribution in [0.15, 0.2) is 11.6 Å². The SMILES string of the molecule is CC1=CC(O[C@@H]2O[C@H](CO)[C@@H](O)[C@H](O)[C@H]2O)[C@H](C(C)C)C[C@H]1O. The number of rotatable bonds is 4. The van der Waals surface area contributed by atoms with Crippen molar-refractivity contribution in [2.75, 3.05) is 6.61 Å². The molecule has 2 rings (SSSR count). The van der Waals surface area contributed by atoms with Crippen LogP contribution in [0.2, 0.25) is 0 Å². The van der Waals surface area contributed by atoms with Crippen molar-refractivity contribution in [3.05, 3.63) is 11.6 Å². The Labute approximate surface area is 136 Å². The van der Waals surface area contributed by atoms with Gasteiger partial charge in [0.1, 0.15) is 24.4 Å². The lowest BCUT2D eigenvalue weighted by atomic mass is 9.79. The van der Waals surface area contributed by atoms with Gasteiger partial charge in [0.25, 0.3) is 0 Å². The third kappa shape index (κ3) is 3.93. The zero-order valence-corrected chi connectivity index (χ0v) is 13.7. The fourth-order valence-corrected chi connectivity index (χ4v) is 3.20. The van der Waals surface area contributed by atoms with Crippen LogP contribution in [0.3, 0.4) is 0 Å². The lowest BCUT2D eigenvalue weighted by Gasteiger charge is -2.43. The Kier molecular flexibility index (Phi) is 6.18. The van der Waals surface area contributed by atoms with E-state index in [-0.39, 0.29) is 17.9 Å². The van der Waals surface area contributed by atoms with Crippen molar-refractivity contribution in [3.8, 4) is 0 Å². The summed E-state index contributed by atoms with van der Waals surface area (Å²) in [5, 5.41) is 49.0. The largest absolute Gasteiger partial charge is 0.394 e. The quantitative estimate of drug-likeness (QED) is 0.426. The molecule has 1 saturated heterocycles. The second kappa shape index (κ2) is 7.57. The van der Waals surface area contributed by atoms with Crippen molar-refractivity contribution in [2.45, 2.75) is 70.1 Å². The molecule has 7 nitrogen and oxygen atoms in total. The highest BCUT2D eigenvalue weighted by Crippen LogP contribution is 2.34. The molecular weight excluding hydrogens is 304 g/mol.